The van der Waals surface area contributed by atoms with E-state index in [2.05, 4.69) is 10.3 Å². The number of pyridine rings is 1. The molecule has 0 spiro atoms. The van der Waals surface area contributed by atoms with Crippen molar-refractivity contribution in [1.82, 2.24) is 4.98 Å². The van der Waals surface area contributed by atoms with E-state index < -0.39 is 5.91 Å². The van der Waals surface area contributed by atoms with Crippen LogP contribution in [0.15, 0.2) is 36.4 Å². The summed E-state index contributed by atoms with van der Waals surface area (Å²) in [5.74, 6) is -0.155. The van der Waals surface area contributed by atoms with Crippen molar-refractivity contribution in [3.05, 3.63) is 47.7 Å². The maximum atomic E-state index is 11.1. The lowest BCUT2D eigenvalue weighted by Gasteiger charge is -2.09. The lowest BCUT2D eigenvalue weighted by Crippen LogP contribution is -2.14. The Labute approximate surface area is 105 Å². The molecule has 1 amide bonds. The Kier molecular flexibility index (Phi) is 3.14. The molecule has 5 heteroatoms. The number of aromatic nitrogens is 1. The Hall–Kier alpha value is -2.56. The summed E-state index contributed by atoms with van der Waals surface area (Å²) in [6.45, 7) is 2.00. The van der Waals surface area contributed by atoms with E-state index in [0.29, 0.717) is 11.5 Å². The van der Waals surface area contributed by atoms with Crippen LogP contribution in [0.25, 0.3) is 0 Å². The third-order valence-electron chi connectivity index (χ3n) is 2.49. The van der Waals surface area contributed by atoms with Crippen LogP contribution in [0.4, 0.5) is 17.2 Å². The van der Waals surface area contributed by atoms with Gasteiger partial charge in [0.15, 0.2) is 5.82 Å². The van der Waals surface area contributed by atoms with Crippen molar-refractivity contribution >= 4 is 23.1 Å². The number of carbonyl (C=O) groups excluding carboxylic acids is 1. The average molecular weight is 242 g/mol. The summed E-state index contributed by atoms with van der Waals surface area (Å²) in [5, 5.41) is 3.05. The number of nitrogens with one attached hydrogen (secondary N) is 1. The molecule has 0 fully saturated rings. The lowest BCUT2D eigenvalue weighted by atomic mass is 10.2. The van der Waals surface area contributed by atoms with Gasteiger partial charge in [-0.25, -0.2) is 4.98 Å². The second-order valence-electron chi connectivity index (χ2n) is 3.99. The molecular weight excluding hydrogens is 228 g/mol. The maximum absolute atomic E-state index is 11.1. The molecule has 2 aromatic rings. The van der Waals surface area contributed by atoms with E-state index in [4.69, 9.17) is 11.5 Å². The third-order valence-corrected chi connectivity index (χ3v) is 2.49. The van der Waals surface area contributed by atoms with Crippen LogP contribution in [-0.2, 0) is 0 Å². The molecule has 92 valence electrons. The highest BCUT2D eigenvalue weighted by Crippen LogP contribution is 2.21. The van der Waals surface area contributed by atoms with E-state index in [-0.39, 0.29) is 5.69 Å². The molecule has 1 aromatic heterocycles. The van der Waals surface area contributed by atoms with Crippen molar-refractivity contribution in [1.29, 1.82) is 0 Å². The van der Waals surface area contributed by atoms with Crippen molar-refractivity contribution < 1.29 is 4.79 Å². The van der Waals surface area contributed by atoms with Crippen LogP contribution in [0.2, 0.25) is 0 Å². The zero-order chi connectivity index (χ0) is 13.1. The summed E-state index contributed by atoms with van der Waals surface area (Å²) in [5.41, 5.74) is 13.6. The predicted octanol–water partition coefficient (Wildman–Crippen LogP) is 1.81. The number of carbonyl (C=O) groups is 1. The zero-order valence-electron chi connectivity index (χ0n) is 9.97. The van der Waals surface area contributed by atoms with Gasteiger partial charge < -0.3 is 16.8 Å². The Morgan fingerprint density at radius 3 is 2.44 bits per heavy atom. The monoisotopic (exact) mass is 242 g/mol. The lowest BCUT2D eigenvalue weighted by molar-refractivity contribution is 0.0996. The number of amides is 1. The van der Waals surface area contributed by atoms with Gasteiger partial charge in [0.1, 0.15) is 5.69 Å². The Bertz CT molecular complexity index is 578. The van der Waals surface area contributed by atoms with Crippen molar-refractivity contribution in [2.24, 2.45) is 5.73 Å². The van der Waals surface area contributed by atoms with E-state index in [0.717, 1.165) is 11.3 Å². The predicted molar refractivity (Wildman–Crippen MR) is 71.6 cm³/mol. The van der Waals surface area contributed by atoms with Crippen molar-refractivity contribution in [3.63, 3.8) is 0 Å². The van der Waals surface area contributed by atoms with E-state index in [9.17, 15) is 4.79 Å². The number of anilines is 3. The van der Waals surface area contributed by atoms with Gasteiger partial charge >= 0.3 is 0 Å². The number of nitrogen functional groups attached to an aromatic ring is 1. The fraction of sp³-hybridized carbons (Fsp3) is 0.0769. The molecule has 2 rings (SSSR count). The van der Waals surface area contributed by atoms with Gasteiger partial charge in [-0.2, -0.15) is 0 Å². The van der Waals surface area contributed by atoms with Gasteiger partial charge in [-0.15, -0.1) is 0 Å². The fourth-order valence-electron chi connectivity index (χ4n) is 1.48. The van der Waals surface area contributed by atoms with Crippen molar-refractivity contribution in [3.8, 4) is 0 Å². The Morgan fingerprint density at radius 1 is 1.17 bits per heavy atom. The average Bonchev–Trinajstić information content (AvgIpc) is 2.34. The van der Waals surface area contributed by atoms with E-state index in [1.54, 1.807) is 6.07 Å². The molecule has 0 aliphatic rings. The summed E-state index contributed by atoms with van der Waals surface area (Å²) in [6, 6.07) is 10.9. The first-order chi connectivity index (χ1) is 8.56. The van der Waals surface area contributed by atoms with Crippen molar-refractivity contribution in [2.45, 2.75) is 6.92 Å². The third kappa shape index (κ3) is 2.57. The van der Waals surface area contributed by atoms with Crippen LogP contribution in [0.3, 0.4) is 0 Å². The number of rotatable bonds is 3. The van der Waals surface area contributed by atoms with E-state index >= 15 is 0 Å². The second kappa shape index (κ2) is 4.75. The number of aryl methyl sites for hydroxylation is 1. The zero-order valence-corrected chi connectivity index (χ0v) is 9.97. The normalized spacial score (nSPS) is 10.1. The molecule has 0 radical (unpaired) electrons. The first-order valence-electron chi connectivity index (χ1n) is 5.46. The molecule has 0 aliphatic carbocycles. The molecule has 0 aliphatic heterocycles. The molecule has 0 unspecified atom stereocenters. The summed E-state index contributed by atoms with van der Waals surface area (Å²) in [6.07, 6.45) is 0. The van der Waals surface area contributed by atoms with Crippen LogP contribution in [0.1, 0.15) is 16.1 Å². The molecule has 18 heavy (non-hydrogen) atoms. The highest BCUT2D eigenvalue weighted by Gasteiger charge is 2.07. The summed E-state index contributed by atoms with van der Waals surface area (Å²) in [4.78, 5) is 15.1. The summed E-state index contributed by atoms with van der Waals surface area (Å²) in [7, 11) is 0. The molecule has 5 N–H and O–H groups in total. The quantitative estimate of drug-likeness (QED) is 0.765. The summed E-state index contributed by atoms with van der Waals surface area (Å²) < 4.78 is 0. The van der Waals surface area contributed by atoms with Gasteiger partial charge in [-0.05, 0) is 31.2 Å². The number of hydrogen-bond acceptors (Lipinski definition) is 4. The first-order valence-corrected chi connectivity index (χ1v) is 5.46. The highest BCUT2D eigenvalue weighted by atomic mass is 16.1. The first kappa shape index (κ1) is 11.9. The second-order valence-corrected chi connectivity index (χ2v) is 3.99. The topological polar surface area (TPSA) is 94.0 Å². The minimum atomic E-state index is -0.582. The number of primary amides is 1. The molecule has 0 bridgehead atoms. The molecule has 1 heterocycles. The van der Waals surface area contributed by atoms with Gasteiger partial charge in [-0.1, -0.05) is 17.7 Å². The number of nitrogens with zero attached hydrogens (tertiary/aromatic N) is 1. The molecule has 0 saturated carbocycles. The number of benzene rings is 1. The van der Waals surface area contributed by atoms with Gasteiger partial charge in [0.2, 0.25) is 0 Å². The van der Waals surface area contributed by atoms with Crippen LogP contribution < -0.4 is 16.8 Å². The molecule has 0 atom stereocenters. The van der Waals surface area contributed by atoms with Crippen LogP contribution in [0, 0.1) is 6.92 Å². The SMILES string of the molecule is Cc1ccc(Nc2nc(C(N)=O)ccc2N)cc1. The highest BCUT2D eigenvalue weighted by molar-refractivity contribution is 5.92. The standard InChI is InChI=1S/C13H14N4O/c1-8-2-4-9(5-3-8)16-13-10(14)6-7-11(17-13)12(15)18/h2-7H,14H2,1H3,(H2,15,18)(H,16,17). The number of hydrogen-bond donors (Lipinski definition) is 3. The van der Waals surface area contributed by atoms with Crippen molar-refractivity contribution in [2.75, 3.05) is 11.1 Å². The van der Waals surface area contributed by atoms with E-state index in [1.807, 2.05) is 31.2 Å². The van der Waals surface area contributed by atoms with Gasteiger partial charge in [0.05, 0.1) is 5.69 Å². The van der Waals surface area contributed by atoms with Crippen LogP contribution in [0.5, 0.6) is 0 Å². The largest absolute Gasteiger partial charge is 0.396 e. The maximum Gasteiger partial charge on any atom is 0.267 e. The molecule has 1 aromatic carbocycles. The van der Waals surface area contributed by atoms with Crippen LogP contribution >= 0.6 is 0 Å². The van der Waals surface area contributed by atoms with Crippen LogP contribution in [-0.4, -0.2) is 10.9 Å². The van der Waals surface area contributed by atoms with E-state index in [1.165, 1.54) is 6.07 Å². The summed E-state index contributed by atoms with van der Waals surface area (Å²) >= 11 is 0. The minimum absolute atomic E-state index is 0.179. The smallest absolute Gasteiger partial charge is 0.267 e. The minimum Gasteiger partial charge on any atom is -0.396 e. The Morgan fingerprint density at radius 2 is 1.83 bits per heavy atom. The fourth-order valence-corrected chi connectivity index (χ4v) is 1.48. The number of nitrogens with two attached hydrogens (primary N) is 2. The Balaban J connectivity index is 2.30. The molecule has 5 nitrogen and oxygen atoms in total. The van der Waals surface area contributed by atoms with Gasteiger partial charge in [0, 0.05) is 5.69 Å². The molecule has 0 saturated heterocycles. The van der Waals surface area contributed by atoms with Gasteiger partial charge in [0.25, 0.3) is 5.91 Å². The molecular formula is C13H14N4O. The van der Waals surface area contributed by atoms with Gasteiger partial charge in [-0.3, -0.25) is 4.79 Å².